The number of benzene rings is 1. The summed E-state index contributed by atoms with van der Waals surface area (Å²) in [6, 6.07) is 9.37. The van der Waals surface area contributed by atoms with Crippen LogP contribution in [0, 0.1) is 0 Å². The van der Waals surface area contributed by atoms with Gasteiger partial charge in [0.25, 0.3) is 0 Å². The maximum atomic E-state index is 11.8. The first kappa shape index (κ1) is 18.7. The highest BCUT2D eigenvalue weighted by Crippen LogP contribution is 2.11. The first-order valence-electron chi connectivity index (χ1n) is 7.62. The van der Waals surface area contributed by atoms with E-state index in [4.69, 9.17) is 5.11 Å². The molecule has 1 aromatic carbocycles. The van der Waals surface area contributed by atoms with Gasteiger partial charge < -0.3 is 15.7 Å². The zero-order chi connectivity index (χ0) is 17.3. The van der Waals surface area contributed by atoms with Gasteiger partial charge in [-0.05, 0) is 25.8 Å². The van der Waals surface area contributed by atoms with Crippen LogP contribution in [-0.4, -0.2) is 35.0 Å². The number of carboxylic acids is 1. The van der Waals surface area contributed by atoms with Crippen molar-refractivity contribution in [2.45, 2.75) is 45.1 Å². The van der Waals surface area contributed by atoms with E-state index in [1.165, 1.54) is 0 Å². The van der Waals surface area contributed by atoms with Crippen LogP contribution in [0.2, 0.25) is 0 Å². The van der Waals surface area contributed by atoms with Gasteiger partial charge in [-0.1, -0.05) is 30.3 Å². The Kier molecular flexibility index (Phi) is 7.25. The number of amides is 2. The number of rotatable bonds is 9. The second-order valence-electron chi connectivity index (χ2n) is 6.09. The van der Waals surface area contributed by atoms with Gasteiger partial charge in [0.2, 0.25) is 11.8 Å². The molecule has 0 spiro atoms. The summed E-state index contributed by atoms with van der Waals surface area (Å²) in [5.41, 5.74) is 0.341. The third-order valence-electron chi connectivity index (χ3n) is 3.32. The van der Waals surface area contributed by atoms with Gasteiger partial charge in [-0.3, -0.25) is 14.4 Å². The fourth-order valence-electron chi connectivity index (χ4n) is 2.08. The summed E-state index contributed by atoms with van der Waals surface area (Å²) in [5.74, 6) is -1.23. The lowest BCUT2D eigenvalue weighted by molar-refractivity contribution is -0.138. The molecule has 1 rings (SSSR count). The molecule has 6 heteroatoms. The molecule has 0 unspecified atom stereocenters. The minimum atomic E-state index is -0.888. The average molecular weight is 320 g/mol. The van der Waals surface area contributed by atoms with Gasteiger partial charge in [-0.15, -0.1) is 0 Å². The van der Waals surface area contributed by atoms with Crippen molar-refractivity contribution in [1.82, 2.24) is 10.6 Å². The molecule has 0 aliphatic rings. The largest absolute Gasteiger partial charge is 0.481 e. The van der Waals surface area contributed by atoms with E-state index in [0.717, 1.165) is 5.56 Å². The van der Waals surface area contributed by atoms with Gasteiger partial charge in [0.15, 0.2) is 0 Å². The Morgan fingerprint density at radius 2 is 1.70 bits per heavy atom. The van der Waals surface area contributed by atoms with Crippen molar-refractivity contribution in [3.05, 3.63) is 35.9 Å². The quantitative estimate of drug-likeness (QED) is 0.642. The van der Waals surface area contributed by atoms with E-state index in [0.29, 0.717) is 6.42 Å². The molecule has 3 N–H and O–H groups in total. The molecule has 0 aliphatic heterocycles. The number of nitrogens with one attached hydrogen (secondary N) is 2. The van der Waals surface area contributed by atoms with Crippen LogP contribution in [0.1, 0.15) is 38.7 Å². The van der Waals surface area contributed by atoms with E-state index in [9.17, 15) is 14.4 Å². The van der Waals surface area contributed by atoms with Gasteiger partial charge in [0.05, 0.1) is 6.42 Å². The van der Waals surface area contributed by atoms with Crippen LogP contribution in [0.4, 0.5) is 0 Å². The standard InChI is InChI=1S/C17H24N2O4/c1-17(2,10-8-16(22)23)19-14(20)9-11-18-15(21)12-13-6-4-3-5-7-13/h3-7H,8-12H2,1-2H3,(H,18,21)(H,19,20)(H,22,23). The number of hydrogen-bond donors (Lipinski definition) is 3. The number of carbonyl (C=O) groups excluding carboxylic acids is 2. The topological polar surface area (TPSA) is 95.5 Å². The van der Waals surface area contributed by atoms with Crippen molar-refractivity contribution in [2.75, 3.05) is 6.54 Å². The van der Waals surface area contributed by atoms with Crippen molar-refractivity contribution in [1.29, 1.82) is 0 Å². The molecule has 0 saturated heterocycles. The van der Waals surface area contributed by atoms with E-state index in [1.807, 2.05) is 30.3 Å². The molecule has 126 valence electrons. The Morgan fingerprint density at radius 1 is 1.04 bits per heavy atom. The Labute approximate surface area is 136 Å². The van der Waals surface area contributed by atoms with Crippen LogP contribution < -0.4 is 10.6 Å². The molecule has 23 heavy (non-hydrogen) atoms. The van der Waals surface area contributed by atoms with Crippen molar-refractivity contribution in [3.8, 4) is 0 Å². The molecule has 0 saturated carbocycles. The molecular weight excluding hydrogens is 296 g/mol. The van der Waals surface area contributed by atoms with Crippen LogP contribution in [0.15, 0.2) is 30.3 Å². The first-order valence-corrected chi connectivity index (χ1v) is 7.62. The summed E-state index contributed by atoms with van der Waals surface area (Å²) >= 11 is 0. The number of carbonyl (C=O) groups is 3. The molecule has 0 radical (unpaired) electrons. The predicted octanol–water partition coefficient (Wildman–Crippen LogP) is 1.50. The van der Waals surface area contributed by atoms with E-state index in [-0.39, 0.29) is 37.6 Å². The molecule has 0 aromatic heterocycles. The summed E-state index contributed by atoms with van der Waals surface area (Å²) < 4.78 is 0. The zero-order valence-electron chi connectivity index (χ0n) is 13.6. The molecule has 0 aliphatic carbocycles. The normalized spacial score (nSPS) is 10.9. The maximum absolute atomic E-state index is 11.8. The Morgan fingerprint density at radius 3 is 2.30 bits per heavy atom. The van der Waals surface area contributed by atoms with Crippen molar-refractivity contribution in [2.24, 2.45) is 0 Å². The van der Waals surface area contributed by atoms with Crippen molar-refractivity contribution in [3.63, 3.8) is 0 Å². The number of aliphatic carboxylic acids is 1. The maximum Gasteiger partial charge on any atom is 0.303 e. The van der Waals surface area contributed by atoms with Gasteiger partial charge in [-0.25, -0.2) is 0 Å². The third kappa shape index (κ3) is 8.60. The molecule has 2 amide bonds. The second kappa shape index (κ2) is 8.92. The highest BCUT2D eigenvalue weighted by molar-refractivity contribution is 5.80. The summed E-state index contributed by atoms with van der Waals surface area (Å²) in [5, 5.41) is 14.2. The minimum Gasteiger partial charge on any atom is -0.481 e. The lowest BCUT2D eigenvalue weighted by Gasteiger charge is -2.25. The monoisotopic (exact) mass is 320 g/mol. The minimum absolute atomic E-state index is 0.00108. The third-order valence-corrected chi connectivity index (χ3v) is 3.32. The van der Waals surface area contributed by atoms with E-state index in [1.54, 1.807) is 13.8 Å². The molecule has 0 fully saturated rings. The average Bonchev–Trinajstić information content (AvgIpc) is 2.46. The van der Waals surface area contributed by atoms with Crippen LogP contribution in [0.25, 0.3) is 0 Å². The predicted molar refractivity (Wildman–Crippen MR) is 86.9 cm³/mol. The number of hydrogen-bond acceptors (Lipinski definition) is 3. The fraction of sp³-hybridized carbons (Fsp3) is 0.471. The van der Waals surface area contributed by atoms with Crippen molar-refractivity contribution >= 4 is 17.8 Å². The molecule has 6 nitrogen and oxygen atoms in total. The van der Waals surface area contributed by atoms with E-state index < -0.39 is 11.5 Å². The van der Waals surface area contributed by atoms with Gasteiger partial charge in [0, 0.05) is 24.9 Å². The van der Waals surface area contributed by atoms with Gasteiger partial charge in [-0.2, -0.15) is 0 Å². The molecule has 0 heterocycles. The Hall–Kier alpha value is -2.37. The summed E-state index contributed by atoms with van der Waals surface area (Å²) in [6.45, 7) is 3.82. The molecule has 0 atom stereocenters. The summed E-state index contributed by atoms with van der Waals surface area (Å²) in [7, 11) is 0. The van der Waals surface area contributed by atoms with Crippen LogP contribution in [-0.2, 0) is 20.8 Å². The highest BCUT2D eigenvalue weighted by atomic mass is 16.4. The highest BCUT2D eigenvalue weighted by Gasteiger charge is 2.21. The lowest BCUT2D eigenvalue weighted by atomic mass is 9.98. The number of carboxylic acid groups (broad SMARTS) is 1. The second-order valence-corrected chi connectivity index (χ2v) is 6.09. The van der Waals surface area contributed by atoms with Crippen molar-refractivity contribution < 1.29 is 19.5 Å². The van der Waals surface area contributed by atoms with Crippen LogP contribution in [0.5, 0.6) is 0 Å². The van der Waals surface area contributed by atoms with Crippen LogP contribution >= 0.6 is 0 Å². The van der Waals surface area contributed by atoms with E-state index in [2.05, 4.69) is 10.6 Å². The Bertz CT molecular complexity index is 541. The zero-order valence-corrected chi connectivity index (χ0v) is 13.6. The lowest BCUT2D eigenvalue weighted by Crippen LogP contribution is -2.44. The van der Waals surface area contributed by atoms with Crippen LogP contribution in [0.3, 0.4) is 0 Å². The van der Waals surface area contributed by atoms with Gasteiger partial charge in [0.1, 0.15) is 0 Å². The first-order chi connectivity index (χ1) is 10.8. The smallest absolute Gasteiger partial charge is 0.303 e. The summed E-state index contributed by atoms with van der Waals surface area (Å²) in [4.78, 5) is 34.2. The molecular formula is C17H24N2O4. The summed E-state index contributed by atoms with van der Waals surface area (Å²) in [6.07, 6.45) is 0.805. The SMILES string of the molecule is CC(C)(CCC(=O)O)NC(=O)CCNC(=O)Cc1ccccc1. The molecule has 0 bridgehead atoms. The fourth-order valence-corrected chi connectivity index (χ4v) is 2.08. The van der Waals surface area contributed by atoms with Gasteiger partial charge >= 0.3 is 5.97 Å². The van der Waals surface area contributed by atoms with E-state index >= 15 is 0 Å². The molecule has 1 aromatic rings. The Balaban J connectivity index is 2.25.